The fourth-order valence-electron chi connectivity index (χ4n) is 9.14. The van der Waals surface area contributed by atoms with Gasteiger partial charge in [0.1, 0.15) is 34.9 Å². The number of ether oxygens (including phenoxy) is 2. The zero-order valence-corrected chi connectivity index (χ0v) is 25.1. The van der Waals surface area contributed by atoms with E-state index >= 15 is 0 Å². The number of Topliss-reactive ketones (excluding diaryl/α,β-unsaturated/α-hetero) is 2. The second kappa shape index (κ2) is 10.5. The van der Waals surface area contributed by atoms with Gasteiger partial charge in [-0.05, 0) is 56.4 Å². The van der Waals surface area contributed by atoms with Crippen molar-refractivity contribution in [2.24, 2.45) is 28.9 Å². The van der Waals surface area contributed by atoms with Gasteiger partial charge in [0.2, 0.25) is 6.29 Å². The summed E-state index contributed by atoms with van der Waals surface area (Å²) in [7, 11) is 0. The summed E-state index contributed by atoms with van der Waals surface area (Å²) in [6.45, 7) is 1.60. The summed E-state index contributed by atoms with van der Waals surface area (Å²) in [5.41, 5.74) is 3.39. The fourth-order valence-corrected chi connectivity index (χ4v) is 9.14. The van der Waals surface area contributed by atoms with Crippen LogP contribution in [0.2, 0.25) is 0 Å². The first-order chi connectivity index (χ1) is 21.5. The topological polar surface area (TPSA) is 192 Å². The third kappa shape index (κ3) is 4.21. The molecule has 0 aromatic heterocycles. The maximum atomic E-state index is 13.8. The SMILES string of the molecule is CC1=CC2C(=O)c3cccc(OC4OC5(CO)CCC(C6(C7=CCNC(N)=C7)CCCC6)C(O)(C4O)C5O)c3C(=O)C2C(O)=C1. The van der Waals surface area contributed by atoms with Crippen molar-refractivity contribution in [1.82, 2.24) is 5.32 Å². The van der Waals surface area contributed by atoms with Crippen molar-refractivity contribution in [2.75, 3.05) is 13.2 Å². The molecule has 6 aliphatic rings. The van der Waals surface area contributed by atoms with Crippen molar-refractivity contribution in [3.8, 4) is 5.75 Å². The van der Waals surface area contributed by atoms with Gasteiger partial charge in [0.05, 0.1) is 29.8 Å². The van der Waals surface area contributed by atoms with E-state index in [0.29, 0.717) is 37.2 Å². The van der Waals surface area contributed by atoms with Gasteiger partial charge in [-0.2, -0.15) is 0 Å². The van der Waals surface area contributed by atoms with Gasteiger partial charge < -0.3 is 46.1 Å². The van der Waals surface area contributed by atoms with Gasteiger partial charge in [-0.1, -0.05) is 42.7 Å². The molecule has 4 aliphatic carbocycles. The Bertz CT molecular complexity index is 1570. The molecule has 1 aromatic rings. The van der Waals surface area contributed by atoms with E-state index in [1.165, 1.54) is 18.2 Å². The number of ketones is 2. The number of benzene rings is 1. The fraction of sp³-hybridized carbons (Fsp3) is 0.529. The molecule has 8 N–H and O–H groups in total. The van der Waals surface area contributed by atoms with E-state index in [1.54, 1.807) is 19.1 Å². The van der Waals surface area contributed by atoms with Crippen LogP contribution in [0, 0.1) is 23.2 Å². The van der Waals surface area contributed by atoms with Crippen LogP contribution in [-0.4, -0.2) is 80.0 Å². The van der Waals surface area contributed by atoms with Crippen LogP contribution in [0.25, 0.3) is 0 Å². The summed E-state index contributed by atoms with van der Waals surface area (Å²) in [6, 6.07) is 4.53. The minimum atomic E-state index is -2.17. The average Bonchev–Trinajstić information content (AvgIpc) is 3.51. The van der Waals surface area contributed by atoms with Crippen LogP contribution in [0.15, 0.2) is 65.2 Å². The standard InChI is InChI=1S/C34H40N2O9/c1-17-13-20-25(21(38)14-17)28(40)26-19(27(20)39)5-4-6-22(26)44-30-29(41)34(43)23(7-11-33(16-37,45-30)31(34)42)32(9-2-3-10-32)18-8-12-36-24(35)15-18/h4-6,8,13-15,20,23,25,29-31,36-38,41-43H,2-3,7,9-12,16,35H2,1H3. The molecule has 7 rings (SSSR count). The van der Waals surface area contributed by atoms with Crippen LogP contribution in [0.4, 0.5) is 0 Å². The maximum Gasteiger partial charge on any atom is 0.229 e. The Morgan fingerprint density at radius 2 is 1.87 bits per heavy atom. The summed E-state index contributed by atoms with van der Waals surface area (Å²) < 4.78 is 12.3. The van der Waals surface area contributed by atoms with Crippen LogP contribution in [-0.2, 0) is 4.74 Å². The second-order valence-electron chi connectivity index (χ2n) is 13.5. The van der Waals surface area contributed by atoms with Crippen molar-refractivity contribution in [1.29, 1.82) is 0 Å². The molecule has 0 spiro atoms. The largest absolute Gasteiger partial charge is 0.511 e. The molecule has 2 heterocycles. The first-order valence-corrected chi connectivity index (χ1v) is 15.7. The molecule has 45 heavy (non-hydrogen) atoms. The van der Waals surface area contributed by atoms with Crippen LogP contribution in [0.5, 0.6) is 5.75 Å². The first-order valence-electron chi connectivity index (χ1n) is 15.7. The third-order valence-corrected chi connectivity index (χ3v) is 11.2. The Morgan fingerprint density at radius 3 is 2.58 bits per heavy atom. The van der Waals surface area contributed by atoms with E-state index in [9.17, 15) is 35.1 Å². The number of fused-ring (bicyclic) bond motifs is 4. The highest BCUT2D eigenvalue weighted by Gasteiger charge is 2.71. The highest BCUT2D eigenvalue weighted by Crippen LogP contribution is 2.62. The smallest absolute Gasteiger partial charge is 0.229 e. The summed E-state index contributed by atoms with van der Waals surface area (Å²) in [6.07, 6.45) is 5.68. The molecular formula is C34H40N2O9. The van der Waals surface area contributed by atoms with Gasteiger partial charge in [0.15, 0.2) is 11.6 Å². The Labute approximate surface area is 260 Å². The number of hydrogen-bond donors (Lipinski definition) is 7. The summed E-state index contributed by atoms with van der Waals surface area (Å²) in [4.78, 5) is 27.4. The number of hydrogen-bond acceptors (Lipinski definition) is 11. The zero-order chi connectivity index (χ0) is 31.9. The van der Waals surface area contributed by atoms with Gasteiger partial charge >= 0.3 is 0 Å². The van der Waals surface area contributed by atoms with Crippen LogP contribution < -0.4 is 15.8 Å². The molecule has 11 nitrogen and oxygen atoms in total. The van der Waals surface area contributed by atoms with Gasteiger partial charge in [0.25, 0.3) is 0 Å². The molecule has 240 valence electrons. The van der Waals surface area contributed by atoms with Crippen LogP contribution in [0.1, 0.15) is 66.2 Å². The predicted octanol–water partition coefficient (Wildman–Crippen LogP) is 1.92. The lowest BCUT2D eigenvalue weighted by Crippen LogP contribution is -2.79. The molecule has 8 atom stereocenters. The highest BCUT2D eigenvalue weighted by molar-refractivity contribution is 6.19. The Kier molecular flexibility index (Phi) is 7.06. The quantitative estimate of drug-likeness (QED) is 0.254. The lowest BCUT2D eigenvalue weighted by molar-refractivity contribution is -0.383. The van der Waals surface area contributed by atoms with Gasteiger partial charge in [-0.25, -0.2) is 0 Å². The van der Waals surface area contributed by atoms with Gasteiger partial charge in [-0.15, -0.1) is 0 Å². The number of carbonyl (C=O) groups excluding carboxylic acids is 2. The predicted molar refractivity (Wildman–Crippen MR) is 161 cm³/mol. The molecule has 3 fully saturated rings. The van der Waals surface area contributed by atoms with E-state index in [2.05, 4.69) is 5.32 Å². The average molecular weight is 621 g/mol. The van der Waals surface area contributed by atoms with E-state index in [-0.39, 0.29) is 34.8 Å². The van der Waals surface area contributed by atoms with E-state index < -0.39 is 65.3 Å². The Hall–Kier alpha value is -3.48. The number of aliphatic hydroxyl groups excluding tert-OH is 4. The van der Waals surface area contributed by atoms with Crippen molar-refractivity contribution in [3.63, 3.8) is 0 Å². The Balaban J connectivity index is 1.29. The van der Waals surface area contributed by atoms with Crippen molar-refractivity contribution in [2.45, 2.75) is 75.1 Å². The van der Waals surface area contributed by atoms with Crippen molar-refractivity contribution >= 4 is 11.6 Å². The lowest BCUT2D eigenvalue weighted by atomic mass is 9.52. The minimum absolute atomic E-state index is 0.0574. The highest BCUT2D eigenvalue weighted by atomic mass is 16.7. The zero-order valence-electron chi connectivity index (χ0n) is 25.1. The van der Waals surface area contributed by atoms with Crippen molar-refractivity contribution < 1.29 is 44.6 Å². The molecule has 2 bridgehead atoms. The second-order valence-corrected chi connectivity index (χ2v) is 13.5. The molecule has 0 amide bonds. The van der Waals surface area contributed by atoms with Crippen molar-refractivity contribution in [3.05, 3.63) is 76.4 Å². The first kappa shape index (κ1) is 30.2. The summed E-state index contributed by atoms with van der Waals surface area (Å²) >= 11 is 0. The summed E-state index contributed by atoms with van der Waals surface area (Å²) in [5, 5.41) is 60.6. The number of dihydropyridines is 1. The number of carbonyl (C=O) groups is 2. The van der Waals surface area contributed by atoms with Crippen LogP contribution in [0.3, 0.4) is 0 Å². The molecule has 0 radical (unpaired) electrons. The monoisotopic (exact) mass is 620 g/mol. The molecule has 2 aliphatic heterocycles. The molecular weight excluding hydrogens is 580 g/mol. The molecule has 2 saturated carbocycles. The minimum Gasteiger partial charge on any atom is -0.511 e. The van der Waals surface area contributed by atoms with E-state index in [4.69, 9.17) is 15.2 Å². The van der Waals surface area contributed by atoms with E-state index in [1.807, 2.05) is 12.2 Å². The Morgan fingerprint density at radius 1 is 1.11 bits per heavy atom. The molecule has 8 unspecified atom stereocenters. The number of rotatable bonds is 5. The third-order valence-electron chi connectivity index (χ3n) is 11.2. The lowest BCUT2D eigenvalue weighted by Gasteiger charge is -2.63. The number of allylic oxidation sites excluding steroid dienone is 6. The number of nitrogens with one attached hydrogen (secondary N) is 1. The van der Waals surface area contributed by atoms with Crippen LogP contribution >= 0.6 is 0 Å². The normalized spacial score (nSPS) is 38.6. The molecule has 11 heteroatoms. The van der Waals surface area contributed by atoms with E-state index in [0.717, 1.165) is 18.4 Å². The maximum absolute atomic E-state index is 13.8. The summed E-state index contributed by atoms with van der Waals surface area (Å²) in [5.74, 6) is -3.27. The van der Waals surface area contributed by atoms with Gasteiger partial charge in [-0.3, -0.25) is 9.59 Å². The number of nitrogens with two attached hydrogens (primary N) is 1. The molecule has 1 saturated heterocycles. The number of aliphatic hydroxyl groups is 5. The van der Waals surface area contributed by atoms with Gasteiger partial charge in [0, 0.05) is 23.4 Å². The molecule has 1 aromatic carbocycles.